The Balaban J connectivity index is 2.15. The van der Waals surface area contributed by atoms with Gasteiger partial charge in [-0.2, -0.15) is 0 Å². The second-order valence-electron chi connectivity index (χ2n) is 3.49. The van der Waals surface area contributed by atoms with Gasteiger partial charge in [-0.3, -0.25) is 9.59 Å². The zero-order valence-electron chi connectivity index (χ0n) is 6.82. The van der Waals surface area contributed by atoms with Crippen LogP contribution < -0.4 is 5.73 Å². The van der Waals surface area contributed by atoms with E-state index in [2.05, 4.69) is 0 Å². The van der Waals surface area contributed by atoms with Gasteiger partial charge in [-0.15, -0.1) is 0 Å². The van der Waals surface area contributed by atoms with E-state index in [0.29, 0.717) is 6.42 Å². The highest BCUT2D eigenvalue weighted by Gasteiger charge is 2.43. The molecular formula is C8H12N2O2. The third kappa shape index (κ3) is 0.906. The minimum Gasteiger partial charge on any atom is -0.369 e. The number of hydrogen-bond donors (Lipinski definition) is 1. The molecule has 0 bridgehead atoms. The van der Waals surface area contributed by atoms with Crippen molar-refractivity contribution in [3.8, 4) is 0 Å². The van der Waals surface area contributed by atoms with Crippen LogP contribution in [0, 0.1) is 5.92 Å². The van der Waals surface area contributed by atoms with E-state index in [4.69, 9.17) is 5.73 Å². The Morgan fingerprint density at radius 2 is 2.25 bits per heavy atom. The lowest BCUT2D eigenvalue weighted by atomic mass is 9.98. The number of amides is 2. The molecule has 4 nitrogen and oxygen atoms in total. The Bertz CT molecular complexity index is 239. The van der Waals surface area contributed by atoms with Crippen molar-refractivity contribution in [2.45, 2.75) is 25.3 Å². The molecule has 2 fully saturated rings. The van der Waals surface area contributed by atoms with E-state index in [1.54, 1.807) is 4.90 Å². The highest BCUT2D eigenvalue weighted by atomic mass is 16.2. The molecule has 2 amide bonds. The van der Waals surface area contributed by atoms with Crippen LogP contribution in [0.15, 0.2) is 0 Å². The van der Waals surface area contributed by atoms with Crippen LogP contribution in [0.4, 0.5) is 0 Å². The number of rotatable bonds is 1. The van der Waals surface area contributed by atoms with E-state index in [9.17, 15) is 9.59 Å². The molecule has 0 unspecified atom stereocenters. The number of carbonyl (C=O) groups excluding carboxylic acids is 2. The number of fused-ring (bicyclic) bond motifs is 1. The molecule has 2 atom stereocenters. The fourth-order valence-electron chi connectivity index (χ4n) is 2.27. The molecule has 0 aromatic carbocycles. The van der Waals surface area contributed by atoms with Crippen molar-refractivity contribution < 1.29 is 9.59 Å². The summed E-state index contributed by atoms with van der Waals surface area (Å²) in [6.07, 6.45) is 2.16. The third-order valence-corrected chi connectivity index (χ3v) is 2.89. The first-order chi connectivity index (χ1) is 5.70. The summed E-state index contributed by atoms with van der Waals surface area (Å²) >= 11 is 0. The molecule has 0 spiro atoms. The number of hydrogen-bond acceptors (Lipinski definition) is 2. The summed E-state index contributed by atoms with van der Waals surface area (Å²) < 4.78 is 0. The van der Waals surface area contributed by atoms with Crippen LogP contribution >= 0.6 is 0 Å². The quantitative estimate of drug-likeness (QED) is 0.572. The van der Waals surface area contributed by atoms with Gasteiger partial charge >= 0.3 is 0 Å². The van der Waals surface area contributed by atoms with Crippen molar-refractivity contribution in [1.82, 2.24) is 4.90 Å². The molecule has 12 heavy (non-hydrogen) atoms. The zero-order chi connectivity index (χ0) is 8.72. The standard InChI is InChI=1S/C8H12N2O2/c9-8(12)5-3-4-10-6(5)1-2-7(10)11/h5-6H,1-4H2,(H2,9,12)/t5-,6-/m0/s1. The van der Waals surface area contributed by atoms with Crippen molar-refractivity contribution in [2.75, 3.05) is 6.54 Å². The lowest BCUT2D eigenvalue weighted by Crippen LogP contribution is -2.35. The van der Waals surface area contributed by atoms with Crippen molar-refractivity contribution >= 4 is 11.8 Å². The first-order valence-corrected chi connectivity index (χ1v) is 4.29. The second kappa shape index (κ2) is 2.47. The highest BCUT2D eigenvalue weighted by Crippen LogP contribution is 2.33. The van der Waals surface area contributed by atoms with E-state index >= 15 is 0 Å². The monoisotopic (exact) mass is 168 g/mol. The largest absolute Gasteiger partial charge is 0.369 e. The number of nitrogens with two attached hydrogens (primary N) is 1. The predicted octanol–water partition coefficient (Wildman–Crippen LogP) is -0.517. The van der Waals surface area contributed by atoms with Crippen molar-refractivity contribution in [1.29, 1.82) is 0 Å². The molecule has 0 radical (unpaired) electrons. The molecule has 0 saturated carbocycles. The van der Waals surface area contributed by atoms with E-state index in [-0.39, 0.29) is 23.8 Å². The fraction of sp³-hybridized carbons (Fsp3) is 0.750. The van der Waals surface area contributed by atoms with Crippen LogP contribution in [0.5, 0.6) is 0 Å². The maximum absolute atomic E-state index is 11.2. The molecule has 0 aromatic heterocycles. The second-order valence-corrected chi connectivity index (χ2v) is 3.49. The van der Waals surface area contributed by atoms with Crippen LogP contribution in [-0.4, -0.2) is 29.3 Å². The van der Waals surface area contributed by atoms with Crippen LogP contribution in [-0.2, 0) is 9.59 Å². The van der Waals surface area contributed by atoms with Gasteiger partial charge in [0.15, 0.2) is 0 Å². The summed E-state index contributed by atoms with van der Waals surface area (Å²) in [5.41, 5.74) is 5.22. The SMILES string of the molecule is NC(=O)[C@H]1CCN2C(=O)CC[C@@H]12. The molecule has 2 rings (SSSR count). The van der Waals surface area contributed by atoms with E-state index in [0.717, 1.165) is 19.4 Å². The molecule has 0 aromatic rings. The summed E-state index contributed by atoms with van der Waals surface area (Å²) in [5.74, 6) is -0.155. The van der Waals surface area contributed by atoms with E-state index in [1.165, 1.54) is 0 Å². The maximum Gasteiger partial charge on any atom is 0.222 e. The normalized spacial score (nSPS) is 34.0. The molecule has 4 heteroatoms. The average molecular weight is 168 g/mol. The van der Waals surface area contributed by atoms with Crippen LogP contribution in [0.2, 0.25) is 0 Å². The Labute approximate surface area is 70.7 Å². The topological polar surface area (TPSA) is 63.4 Å². The maximum atomic E-state index is 11.2. The van der Waals surface area contributed by atoms with Gasteiger partial charge in [0.2, 0.25) is 11.8 Å². The Hall–Kier alpha value is -1.06. The molecule has 0 aliphatic carbocycles. The predicted molar refractivity (Wildman–Crippen MR) is 42.0 cm³/mol. The summed E-state index contributed by atoms with van der Waals surface area (Å²) in [5, 5.41) is 0. The molecule has 2 aliphatic heterocycles. The Kier molecular flexibility index (Phi) is 1.56. The number of carbonyl (C=O) groups is 2. The summed E-state index contributed by atoms with van der Waals surface area (Å²) in [7, 11) is 0. The van der Waals surface area contributed by atoms with Crippen molar-refractivity contribution in [3.63, 3.8) is 0 Å². The fourth-order valence-corrected chi connectivity index (χ4v) is 2.27. The number of nitrogens with zero attached hydrogens (tertiary/aromatic N) is 1. The molecule has 2 saturated heterocycles. The van der Waals surface area contributed by atoms with Crippen molar-refractivity contribution in [3.05, 3.63) is 0 Å². The highest BCUT2D eigenvalue weighted by molar-refractivity contribution is 5.84. The van der Waals surface area contributed by atoms with Gasteiger partial charge in [-0.1, -0.05) is 0 Å². The first kappa shape index (κ1) is 7.58. The van der Waals surface area contributed by atoms with Crippen LogP contribution in [0.1, 0.15) is 19.3 Å². The Morgan fingerprint density at radius 1 is 1.50 bits per heavy atom. The smallest absolute Gasteiger partial charge is 0.222 e. The molecular weight excluding hydrogens is 156 g/mol. The minimum atomic E-state index is -0.253. The van der Waals surface area contributed by atoms with E-state index in [1.807, 2.05) is 0 Å². The van der Waals surface area contributed by atoms with Crippen LogP contribution in [0.3, 0.4) is 0 Å². The van der Waals surface area contributed by atoms with Gasteiger partial charge in [0.1, 0.15) is 0 Å². The third-order valence-electron chi connectivity index (χ3n) is 2.89. The molecule has 2 heterocycles. The first-order valence-electron chi connectivity index (χ1n) is 4.29. The molecule has 2 aliphatic rings. The summed E-state index contributed by atoms with van der Waals surface area (Å²) in [6, 6.07) is 0.120. The average Bonchev–Trinajstić information content (AvgIpc) is 2.53. The summed E-state index contributed by atoms with van der Waals surface area (Å²) in [4.78, 5) is 23.9. The van der Waals surface area contributed by atoms with Crippen LogP contribution in [0.25, 0.3) is 0 Å². The van der Waals surface area contributed by atoms with E-state index < -0.39 is 0 Å². The Morgan fingerprint density at radius 3 is 2.92 bits per heavy atom. The van der Waals surface area contributed by atoms with Gasteiger partial charge < -0.3 is 10.6 Å². The summed E-state index contributed by atoms with van der Waals surface area (Å²) in [6.45, 7) is 0.719. The lowest BCUT2D eigenvalue weighted by molar-refractivity contribution is -0.128. The minimum absolute atomic E-state index is 0.0866. The van der Waals surface area contributed by atoms with Gasteiger partial charge in [-0.25, -0.2) is 0 Å². The number of primary amides is 1. The van der Waals surface area contributed by atoms with Gasteiger partial charge in [0.25, 0.3) is 0 Å². The van der Waals surface area contributed by atoms with Crippen molar-refractivity contribution in [2.24, 2.45) is 11.7 Å². The molecule has 66 valence electrons. The lowest BCUT2D eigenvalue weighted by Gasteiger charge is -2.17. The van der Waals surface area contributed by atoms with Gasteiger partial charge in [0, 0.05) is 19.0 Å². The molecule has 2 N–H and O–H groups in total. The van der Waals surface area contributed by atoms with Gasteiger partial charge in [0.05, 0.1) is 5.92 Å². The van der Waals surface area contributed by atoms with Gasteiger partial charge in [-0.05, 0) is 12.8 Å². The zero-order valence-corrected chi connectivity index (χ0v) is 6.82.